The number of ketones is 1. The molecule has 3 fully saturated rings. The molecule has 55 heavy (non-hydrogen) atoms. The summed E-state index contributed by atoms with van der Waals surface area (Å²) in [5.74, 6) is -0.795. The van der Waals surface area contributed by atoms with Gasteiger partial charge in [-0.05, 0) is 74.8 Å². The Bertz CT molecular complexity index is 2120. The molecule has 12 nitrogen and oxygen atoms in total. The summed E-state index contributed by atoms with van der Waals surface area (Å²) in [5, 5.41) is 38.0. The van der Waals surface area contributed by atoms with E-state index in [-0.39, 0.29) is 12.0 Å². The number of hydrogen-bond donors (Lipinski definition) is 5. The highest BCUT2D eigenvalue weighted by molar-refractivity contribution is 5.96. The number of nitrogens with one attached hydrogen (secondary N) is 1. The van der Waals surface area contributed by atoms with Crippen LogP contribution in [0.3, 0.4) is 0 Å². The van der Waals surface area contributed by atoms with E-state index in [4.69, 9.17) is 15.2 Å². The van der Waals surface area contributed by atoms with Gasteiger partial charge in [0, 0.05) is 84.0 Å². The molecule has 1 saturated carbocycles. The number of hydrogen-bond acceptors (Lipinski definition) is 11. The van der Waals surface area contributed by atoms with E-state index in [1.54, 1.807) is 7.11 Å². The number of fused-ring (bicyclic) bond motifs is 6. The molecule has 293 valence electrons. The van der Waals surface area contributed by atoms with Crippen molar-refractivity contribution in [3.63, 3.8) is 0 Å². The van der Waals surface area contributed by atoms with E-state index in [9.17, 15) is 20.1 Å². The van der Waals surface area contributed by atoms with Crippen molar-refractivity contribution in [3.8, 4) is 5.75 Å². The Morgan fingerprint density at radius 2 is 1.87 bits per heavy atom. The standard InChI is InChI=1S/C43H54N5O7/c1-6-40-13-9-15-48-17-14-41(35(40)48)28-18-29(32(54-4)19-31(28)46(3)36(41)43(53,37(40)50)33(49)22-44)42(38(51)55-5)21-25-20-39(2,52)24-47(23-25)16-12-27-26-10-7-8-11-30(26)45-34(27)42/h7-11,13,18-20,25,35-37,45,50,52-53H,6,12,14-17,21-24,44H2,1-5H3/t25?,35?,36?,37-,39+,40-,41?,42+,43+/m1/s1. The summed E-state index contributed by atoms with van der Waals surface area (Å²) in [5.41, 5.74) is 4.53. The Kier molecular flexibility index (Phi) is 8.28. The average Bonchev–Trinajstić information content (AvgIpc) is 3.84. The Morgan fingerprint density at radius 1 is 1.09 bits per heavy atom. The van der Waals surface area contributed by atoms with Gasteiger partial charge in [0.1, 0.15) is 17.3 Å². The van der Waals surface area contributed by atoms with Crippen molar-refractivity contribution in [2.45, 2.75) is 79.8 Å². The third kappa shape index (κ3) is 4.61. The van der Waals surface area contributed by atoms with Crippen LogP contribution in [-0.2, 0) is 31.6 Å². The van der Waals surface area contributed by atoms with Crippen LogP contribution in [0.4, 0.5) is 5.69 Å². The number of aliphatic hydroxyl groups excluding tert-OH is 1. The molecule has 1 aliphatic carbocycles. The molecule has 6 aliphatic rings. The molecular weight excluding hydrogens is 699 g/mol. The number of rotatable bonds is 6. The van der Waals surface area contributed by atoms with Gasteiger partial charge >= 0.3 is 5.97 Å². The summed E-state index contributed by atoms with van der Waals surface area (Å²) in [7, 11) is 4.90. The normalized spacial score (nSPS) is 39.0. The number of nitrogens with two attached hydrogens (primary N) is 1. The predicted molar refractivity (Wildman–Crippen MR) is 208 cm³/mol. The fraction of sp³-hybridized carbons (Fsp3) is 0.558. The smallest absolute Gasteiger partial charge is 0.322 e. The van der Waals surface area contributed by atoms with Crippen molar-refractivity contribution < 1.29 is 34.4 Å². The molecule has 5 aliphatic heterocycles. The van der Waals surface area contributed by atoms with Crippen LogP contribution in [0.1, 0.15) is 55.5 Å². The van der Waals surface area contributed by atoms with Crippen LogP contribution in [0.5, 0.6) is 5.75 Å². The summed E-state index contributed by atoms with van der Waals surface area (Å²) >= 11 is 0. The van der Waals surface area contributed by atoms with Gasteiger partial charge < -0.3 is 40.4 Å². The van der Waals surface area contributed by atoms with Gasteiger partial charge in [0.2, 0.25) is 0 Å². The Hall–Kier alpha value is -3.78. The number of aromatic amines is 1. The first-order chi connectivity index (χ1) is 26.3. The number of H-pyrrole nitrogens is 1. The molecule has 6 heterocycles. The maximum Gasteiger partial charge on any atom is 0.322 e. The van der Waals surface area contributed by atoms with Crippen LogP contribution in [-0.4, -0.2) is 132 Å². The first-order valence-corrected chi connectivity index (χ1v) is 19.8. The zero-order valence-electron chi connectivity index (χ0n) is 32.5. The number of carbonyl (C=O) groups is 2. The molecule has 2 saturated heterocycles. The Morgan fingerprint density at radius 3 is 2.60 bits per heavy atom. The van der Waals surface area contributed by atoms with Gasteiger partial charge in [-0.2, -0.15) is 0 Å². The first-order valence-electron chi connectivity index (χ1n) is 19.8. The lowest BCUT2D eigenvalue weighted by molar-refractivity contribution is -0.200. The van der Waals surface area contributed by atoms with E-state index in [2.05, 4.69) is 33.0 Å². The monoisotopic (exact) mass is 752 g/mol. The lowest BCUT2D eigenvalue weighted by Gasteiger charge is -2.63. The number of ether oxygens (including phenoxy) is 2. The Labute approximate surface area is 322 Å². The van der Waals surface area contributed by atoms with Crippen molar-refractivity contribution in [1.82, 2.24) is 14.8 Å². The number of aromatic nitrogens is 1. The van der Waals surface area contributed by atoms with Crippen molar-refractivity contribution in [2.75, 3.05) is 65.4 Å². The van der Waals surface area contributed by atoms with Crippen molar-refractivity contribution in [2.24, 2.45) is 17.1 Å². The summed E-state index contributed by atoms with van der Waals surface area (Å²) < 4.78 is 12.2. The Balaban J connectivity index is 1.37. The summed E-state index contributed by atoms with van der Waals surface area (Å²) in [4.78, 5) is 39.6. The zero-order chi connectivity index (χ0) is 38.9. The molecular formula is C43H54N5O7. The molecule has 0 amide bonds. The molecule has 6 N–H and O–H groups in total. The van der Waals surface area contributed by atoms with E-state index in [1.165, 1.54) is 7.11 Å². The average molecular weight is 753 g/mol. The largest absolute Gasteiger partial charge is 0.496 e. The van der Waals surface area contributed by atoms with E-state index in [0.717, 1.165) is 33.4 Å². The quantitative estimate of drug-likeness (QED) is 0.185. The van der Waals surface area contributed by atoms with E-state index < -0.39 is 57.9 Å². The summed E-state index contributed by atoms with van der Waals surface area (Å²) in [6.45, 7) is 6.63. The number of piperidine rings is 1. The SMILES string of the molecule is CC[C@]12C=CCN3CCC4(c5cc([C@@]6(C(=O)OC)CC7[CH][C@](C)(O)CN(CCc8c6[nH]c6ccccc86)C7)c(OC)cc5N(C)C4[C@@](O)(C(=O)CN)[C@@H]1O)C32. The molecule has 10 atom stereocenters. The van der Waals surface area contributed by atoms with Crippen molar-refractivity contribution in [1.29, 1.82) is 0 Å². The number of para-hydroxylation sites is 1. The highest BCUT2D eigenvalue weighted by atomic mass is 16.5. The molecule has 1 radical (unpaired) electrons. The van der Waals surface area contributed by atoms with Crippen LogP contribution in [0.15, 0.2) is 48.6 Å². The maximum atomic E-state index is 15.2. The van der Waals surface area contributed by atoms with Crippen molar-refractivity contribution >= 4 is 28.3 Å². The minimum absolute atomic E-state index is 0.206. The van der Waals surface area contributed by atoms with Crippen molar-refractivity contribution in [3.05, 3.63) is 77.4 Å². The van der Waals surface area contributed by atoms with Gasteiger partial charge in [0.25, 0.3) is 0 Å². The third-order valence-corrected chi connectivity index (χ3v) is 14.7. The van der Waals surface area contributed by atoms with Gasteiger partial charge in [-0.3, -0.25) is 19.4 Å². The molecule has 2 bridgehead atoms. The number of anilines is 1. The lowest BCUT2D eigenvalue weighted by Crippen LogP contribution is -2.81. The van der Waals surface area contributed by atoms with Gasteiger partial charge in [0.15, 0.2) is 11.4 Å². The minimum Gasteiger partial charge on any atom is -0.496 e. The first kappa shape index (κ1) is 36.8. The van der Waals surface area contributed by atoms with Crippen LogP contribution in [0.2, 0.25) is 0 Å². The number of carbonyl (C=O) groups excluding carboxylic acids is 2. The maximum absolute atomic E-state index is 15.2. The number of esters is 1. The lowest BCUT2D eigenvalue weighted by atomic mass is 9.47. The van der Waals surface area contributed by atoms with Gasteiger partial charge in [0.05, 0.1) is 32.4 Å². The number of aliphatic hydroxyl groups is 3. The highest BCUT2D eigenvalue weighted by Crippen LogP contribution is 2.67. The van der Waals surface area contributed by atoms with Crippen LogP contribution < -0.4 is 15.4 Å². The van der Waals surface area contributed by atoms with Crippen LogP contribution in [0, 0.1) is 17.8 Å². The topological polar surface area (TPSA) is 165 Å². The fourth-order valence-electron chi connectivity index (χ4n) is 12.9. The van der Waals surface area contributed by atoms with Crippen LogP contribution in [0.25, 0.3) is 10.9 Å². The van der Waals surface area contributed by atoms with Gasteiger partial charge in [-0.1, -0.05) is 37.3 Å². The minimum atomic E-state index is -2.20. The molecule has 1 spiro atoms. The van der Waals surface area contributed by atoms with E-state index in [1.807, 2.05) is 62.6 Å². The zero-order valence-corrected chi connectivity index (χ0v) is 32.5. The van der Waals surface area contributed by atoms with E-state index in [0.29, 0.717) is 69.7 Å². The number of benzene rings is 2. The molecule has 3 aromatic rings. The number of likely N-dealkylation sites (N-methyl/N-ethyl adjacent to an activating group) is 1. The third-order valence-electron chi connectivity index (χ3n) is 14.7. The van der Waals surface area contributed by atoms with Gasteiger partial charge in [-0.25, -0.2) is 0 Å². The predicted octanol–water partition coefficient (Wildman–Crippen LogP) is 2.20. The molecule has 1 aromatic heterocycles. The van der Waals surface area contributed by atoms with Gasteiger partial charge in [-0.15, -0.1) is 0 Å². The summed E-state index contributed by atoms with van der Waals surface area (Å²) in [6, 6.07) is 11.0. The number of nitrogens with zero attached hydrogens (tertiary/aromatic N) is 3. The number of methoxy groups -OCH3 is 2. The fourth-order valence-corrected chi connectivity index (χ4v) is 12.9. The second kappa shape index (κ2) is 12.4. The summed E-state index contributed by atoms with van der Waals surface area (Å²) in [6.07, 6.45) is 6.67. The molecule has 12 heteroatoms. The second-order valence-electron chi connectivity index (χ2n) is 17.4. The molecule has 9 rings (SSSR count). The molecule has 2 aromatic carbocycles. The van der Waals surface area contributed by atoms with Crippen LogP contribution >= 0.6 is 0 Å². The molecule has 5 unspecified atom stereocenters. The number of Topliss-reactive ketones (excluding diaryl/α,β-unsaturated/α-hetero) is 1. The van der Waals surface area contributed by atoms with E-state index >= 15 is 4.79 Å². The second-order valence-corrected chi connectivity index (χ2v) is 17.4. The highest BCUT2D eigenvalue weighted by Gasteiger charge is 2.78.